The molecule has 0 N–H and O–H groups in total. The van der Waals surface area contributed by atoms with Crippen LogP contribution in [0.3, 0.4) is 0 Å². The lowest BCUT2D eigenvalue weighted by atomic mass is 10.1. The lowest BCUT2D eigenvalue weighted by Crippen LogP contribution is -2.05. The number of ketones is 1. The Balaban J connectivity index is 1.56. The van der Waals surface area contributed by atoms with Gasteiger partial charge in [-0.05, 0) is 36.4 Å². The number of fused-ring (bicyclic) bond motifs is 1. The van der Waals surface area contributed by atoms with Crippen molar-refractivity contribution >= 4 is 28.5 Å². The lowest BCUT2D eigenvalue weighted by molar-refractivity contribution is 0.102. The van der Waals surface area contributed by atoms with Crippen molar-refractivity contribution in [3.05, 3.63) is 72.8 Å². The summed E-state index contributed by atoms with van der Waals surface area (Å²) >= 11 is 1.34. The molecule has 0 radical (unpaired) electrons. The number of rotatable bonds is 8. The van der Waals surface area contributed by atoms with Gasteiger partial charge in [-0.2, -0.15) is 0 Å². The van der Waals surface area contributed by atoms with Gasteiger partial charge in [-0.25, -0.2) is 0 Å². The molecule has 0 aliphatic carbocycles. The summed E-state index contributed by atoms with van der Waals surface area (Å²) in [6, 6.07) is 16.8. The van der Waals surface area contributed by atoms with E-state index in [2.05, 4.69) is 16.8 Å². The first-order chi connectivity index (χ1) is 14.2. The number of carbonyl (C=O) groups is 1. The SMILES string of the molecule is C=CCn1c(SCC(=O)c2ccc(OC)cc2)nnc1-c1cc2ccccc2o1. The molecule has 0 atom stereocenters. The lowest BCUT2D eigenvalue weighted by Gasteiger charge is -2.06. The molecule has 0 aliphatic heterocycles. The zero-order valence-electron chi connectivity index (χ0n) is 15.9. The first kappa shape index (κ1) is 19.0. The molecule has 2 heterocycles. The fraction of sp³-hybridized carbons (Fsp3) is 0.136. The van der Waals surface area contributed by atoms with Crippen LogP contribution in [0, 0.1) is 0 Å². The number of Topliss-reactive ketones (excluding diaryl/α,β-unsaturated/α-hetero) is 1. The Kier molecular flexibility index (Phi) is 5.48. The maximum atomic E-state index is 12.5. The van der Waals surface area contributed by atoms with E-state index in [1.807, 2.05) is 34.9 Å². The molecule has 0 spiro atoms. The second-order valence-electron chi connectivity index (χ2n) is 6.29. The van der Waals surface area contributed by atoms with Crippen molar-refractivity contribution < 1.29 is 13.9 Å². The molecular weight excluding hydrogens is 386 g/mol. The standard InChI is InChI=1S/C22H19N3O3S/c1-3-12-25-21(20-13-16-6-4-5-7-19(16)28-20)23-24-22(25)29-14-18(26)15-8-10-17(27-2)11-9-15/h3-11,13H,1,12,14H2,2H3. The molecule has 0 aliphatic rings. The van der Waals surface area contributed by atoms with E-state index < -0.39 is 0 Å². The summed E-state index contributed by atoms with van der Waals surface area (Å²) in [7, 11) is 1.60. The number of nitrogens with zero attached hydrogens (tertiary/aromatic N) is 3. The average Bonchev–Trinajstić information content (AvgIpc) is 3.36. The van der Waals surface area contributed by atoms with Gasteiger partial charge in [0.1, 0.15) is 11.3 Å². The van der Waals surface area contributed by atoms with Gasteiger partial charge in [0.15, 0.2) is 16.7 Å². The average molecular weight is 405 g/mol. The first-order valence-electron chi connectivity index (χ1n) is 9.02. The van der Waals surface area contributed by atoms with Crippen LogP contribution < -0.4 is 4.74 Å². The van der Waals surface area contributed by atoms with Gasteiger partial charge in [-0.15, -0.1) is 16.8 Å². The third-order valence-electron chi connectivity index (χ3n) is 4.42. The van der Waals surface area contributed by atoms with Gasteiger partial charge in [-0.3, -0.25) is 9.36 Å². The van der Waals surface area contributed by atoms with Crippen molar-refractivity contribution in [3.63, 3.8) is 0 Å². The predicted molar refractivity (Wildman–Crippen MR) is 113 cm³/mol. The molecule has 0 unspecified atom stereocenters. The molecule has 0 saturated carbocycles. The van der Waals surface area contributed by atoms with Crippen LogP contribution >= 0.6 is 11.8 Å². The molecule has 0 fully saturated rings. The number of furan rings is 1. The van der Waals surface area contributed by atoms with Crippen LogP contribution in [0.2, 0.25) is 0 Å². The van der Waals surface area contributed by atoms with E-state index in [0.29, 0.717) is 28.8 Å². The Labute approximate surface area is 172 Å². The number of allylic oxidation sites excluding steroid dienone is 1. The van der Waals surface area contributed by atoms with Gasteiger partial charge in [0.2, 0.25) is 5.82 Å². The number of para-hydroxylation sites is 1. The van der Waals surface area contributed by atoms with Crippen LogP contribution in [0.4, 0.5) is 0 Å². The van der Waals surface area contributed by atoms with Crippen LogP contribution in [-0.4, -0.2) is 33.4 Å². The zero-order valence-corrected chi connectivity index (χ0v) is 16.7. The second kappa shape index (κ2) is 8.36. The number of thioether (sulfide) groups is 1. The molecule has 2 aromatic carbocycles. The highest BCUT2D eigenvalue weighted by Crippen LogP contribution is 2.29. The quantitative estimate of drug-likeness (QED) is 0.237. The Morgan fingerprint density at radius 1 is 1.21 bits per heavy atom. The third kappa shape index (κ3) is 3.95. The highest BCUT2D eigenvalue weighted by molar-refractivity contribution is 7.99. The molecule has 7 heteroatoms. The summed E-state index contributed by atoms with van der Waals surface area (Å²) in [5, 5.41) is 10.2. The maximum Gasteiger partial charge on any atom is 0.200 e. The van der Waals surface area contributed by atoms with Crippen LogP contribution in [0.5, 0.6) is 5.75 Å². The van der Waals surface area contributed by atoms with E-state index in [0.717, 1.165) is 16.7 Å². The molecule has 2 aromatic heterocycles. The summed E-state index contributed by atoms with van der Waals surface area (Å²) in [6.07, 6.45) is 1.77. The van der Waals surface area contributed by atoms with Gasteiger partial charge >= 0.3 is 0 Å². The van der Waals surface area contributed by atoms with Crippen molar-refractivity contribution in [2.24, 2.45) is 0 Å². The van der Waals surface area contributed by atoms with Crippen LogP contribution in [0.1, 0.15) is 10.4 Å². The van der Waals surface area contributed by atoms with E-state index in [4.69, 9.17) is 9.15 Å². The van der Waals surface area contributed by atoms with Gasteiger partial charge in [0.05, 0.1) is 12.9 Å². The van der Waals surface area contributed by atoms with Gasteiger partial charge in [-0.1, -0.05) is 36.0 Å². The van der Waals surface area contributed by atoms with Gasteiger partial charge in [0, 0.05) is 17.5 Å². The first-order valence-corrected chi connectivity index (χ1v) is 10.0. The van der Waals surface area contributed by atoms with E-state index >= 15 is 0 Å². The molecule has 146 valence electrons. The monoisotopic (exact) mass is 405 g/mol. The number of benzene rings is 2. The fourth-order valence-corrected chi connectivity index (χ4v) is 3.80. The summed E-state index contributed by atoms with van der Waals surface area (Å²) < 4.78 is 13.0. The topological polar surface area (TPSA) is 70.2 Å². The van der Waals surface area contributed by atoms with E-state index in [9.17, 15) is 4.79 Å². The van der Waals surface area contributed by atoms with Crippen molar-refractivity contribution in [1.82, 2.24) is 14.8 Å². The molecule has 0 saturated heterocycles. The zero-order chi connectivity index (χ0) is 20.2. The minimum absolute atomic E-state index is 0.0103. The third-order valence-corrected chi connectivity index (χ3v) is 5.39. The van der Waals surface area contributed by atoms with Crippen LogP contribution in [0.15, 0.2) is 76.8 Å². The maximum absolute atomic E-state index is 12.5. The number of carbonyl (C=O) groups excluding carboxylic acids is 1. The summed E-state index contributed by atoms with van der Waals surface area (Å²) in [4.78, 5) is 12.5. The number of hydrogen-bond acceptors (Lipinski definition) is 6. The molecular formula is C22H19N3O3S. The minimum Gasteiger partial charge on any atom is -0.497 e. The summed E-state index contributed by atoms with van der Waals surface area (Å²) in [5.74, 6) is 2.22. The van der Waals surface area contributed by atoms with Gasteiger partial charge in [0.25, 0.3) is 0 Å². The van der Waals surface area contributed by atoms with Crippen molar-refractivity contribution in [3.8, 4) is 17.3 Å². The molecule has 0 bridgehead atoms. The van der Waals surface area contributed by atoms with Gasteiger partial charge < -0.3 is 9.15 Å². The Hall–Kier alpha value is -3.32. The van der Waals surface area contributed by atoms with E-state index in [1.54, 1.807) is 37.5 Å². The smallest absolute Gasteiger partial charge is 0.200 e. The molecule has 29 heavy (non-hydrogen) atoms. The molecule has 4 aromatic rings. The number of aromatic nitrogens is 3. The number of ether oxygens (including phenoxy) is 1. The summed E-state index contributed by atoms with van der Waals surface area (Å²) in [6.45, 7) is 4.33. The largest absolute Gasteiger partial charge is 0.497 e. The predicted octanol–water partition coefficient (Wildman–Crippen LogP) is 4.86. The number of methoxy groups -OCH3 is 1. The summed E-state index contributed by atoms with van der Waals surface area (Å²) in [5.41, 5.74) is 1.42. The highest BCUT2D eigenvalue weighted by atomic mass is 32.2. The van der Waals surface area contributed by atoms with Crippen LogP contribution in [-0.2, 0) is 6.54 Å². The van der Waals surface area contributed by atoms with Crippen molar-refractivity contribution in [2.45, 2.75) is 11.7 Å². The molecule has 4 rings (SSSR count). The van der Waals surface area contributed by atoms with E-state index in [-0.39, 0.29) is 11.5 Å². The second-order valence-corrected chi connectivity index (χ2v) is 7.24. The Morgan fingerprint density at radius 3 is 2.72 bits per heavy atom. The normalized spacial score (nSPS) is 10.9. The molecule has 6 nitrogen and oxygen atoms in total. The fourth-order valence-electron chi connectivity index (χ4n) is 2.95. The van der Waals surface area contributed by atoms with E-state index in [1.165, 1.54) is 11.8 Å². The highest BCUT2D eigenvalue weighted by Gasteiger charge is 2.18. The van der Waals surface area contributed by atoms with Crippen molar-refractivity contribution in [1.29, 1.82) is 0 Å². The minimum atomic E-state index is 0.0103. The molecule has 0 amide bonds. The Morgan fingerprint density at radius 2 is 2.00 bits per heavy atom. The van der Waals surface area contributed by atoms with Crippen LogP contribution in [0.25, 0.3) is 22.6 Å². The Bertz CT molecular complexity index is 1130. The van der Waals surface area contributed by atoms with Crippen molar-refractivity contribution in [2.75, 3.05) is 12.9 Å². The number of hydrogen-bond donors (Lipinski definition) is 0.